The van der Waals surface area contributed by atoms with E-state index in [0.717, 1.165) is 29.9 Å². The van der Waals surface area contributed by atoms with Gasteiger partial charge in [0.25, 0.3) is 5.91 Å². The molecular weight excluding hydrogens is 420 g/mol. The maximum Gasteiger partial charge on any atom is 0.268 e. The average molecular weight is 441 g/mol. The first-order valence-corrected chi connectivity index (χ1v) is 9.99. The predicted octanol–water partition coefficient (Wildman–Crippen LogP) is 4.37. The number of carbonyl (C=O) groups is 1. The molecule has 144 valence electrons. The summed E-state index contributed by atoms with van der Waals surface area (Å²) in [6.07, 6.45) is 4.58. The van der Waals surface area contributed by atoms with E-state index in [9.17, 15) is 4.79 Å². The van der Waals surface area contributed by atoms with E-state index in [1.54, 1.807) is 12.3 Å². The summed E-state index contributed by atoms with van der Waals surface area (Å²) in [5.74, 6) is 0.884. The van der Waals surface area contributed by atoms with E-state index >= 15 is 0 Å². The van der Waals surface area contributed by atoms with E-state index < -0.39 is 0 Å². The van der Waals surface area contributed by atoms with Crippen molar-refractivity contribution < 1.29 is 9.21 Å². The number of hydrogen-bond donors (Lipinski definition) is 1. The van der Waals surface area contributed by atoms with Crippen molar-refractivity contribution in [3.63, 3.8) is 0 Å². The van der Waals surface area contributed by atoms with Crippen molar-refractivity contribution in [2.75, 3.05) is 6.54 Å². The molecule has 0 aliphatic rings. The van der Waals surface area contributed by atoms with E-state index in [1.807, 2.05) is 42.0 Å². The fraction of sp³-hybridized carbons (Fsp3) is 0.238. The number of imidazole rings is 1. The van der Waals surface area contributed by atoms with Crippen LogP contribution in [0.1, 0.15) is 28.3 Å². The second kappa shape index (κ2) is 8.06. The number of aryl methyl sites for hydroxylation is 2. The van der Waals surface area contributed by atoms with Crippen LogP contribution in [0.2, 0.25) is 0 Å². The zero-order chi connectivity index (χ0) is 19.5. The monoisotopic (exact) mass is 440 g/mol. The van der Waals surface area contributed by atoms with Crippen LogP contribution in [0.15, 0.2) is 63.9 Å². The zero-order valence-electron chi connectivity index (χ0n) is 15.6. The highest BCUT2D eigenvalue weighted by Crippen LogP contribution is 2.27. The molecule has 3 heterocycles. The largest absolute Gasteiger partial charge is 0.448 e. The lowest BCUT2D eigenvalue weighted by atomic mass is 10.2. The van der Waals surface area contributed by atoms with Gasteiger partial charge in [-0.05, 0) is 34.8 Å². The molecule has 0 aliphatic heterocycles. The molecule has 4 rings (SSSR count). The molecule has 6 nitrogen and oxygen atoms in total. The average Bonchev–Trinajstić information content (AvgIpc) is 3.35. The maximum atomic E-state index is 12.8. The molecule has 0 aliphatic carbocycles. The number of nitrogens with one attached hydrogen (secondary N) is 1. The van der Waals surface area contributed by atoms with Crippen molar-refractivity contribution in [2.24, 2.45) is 0 Å². The molecule has 0 unspecified atom stereocenters. The van der Waals surface area contributed by atoms with Gasteiger partial charge in [-0.1, -0.05) is 30.3 Å². The van der Waals surface area contributed by atoms with E-state index in [-0.39, 0.29) is 5.91 Å². The van der Waals surface area contributed by atoms with Crippen molar-refractivity contribution in [1.29, 1.82) is 0 Å². The summed E-state index contributed by atoms with van der Waals surface area (Å²) in [5.41, 5.74) is 3.32. The SMILES string of the molecule is Cc1nccn1CCCNC(=O)c1cc2oc(Br)cc2n1Cc1ccccc1. The number of aromatic nitrogens is 3. The van der Waals surface area contributed by atoms with Crippen LogP contribution in [0, 0.1) is 6.92 Å². The number of halogens is 1. The van der Waals surface area contributed by atoms with Gasteiger partial charge in [0.1, 0.15) is 11.5 Å². The fourth-order valence-corrected chi connectivity index (χ4v) is 3.71. The maximum absolute atomic E-state index is 12.8. The van der Waals surface area contributed by atoms with Gasteiger partial charge in [-0.2, -0.15) is 0 Å². The number of amides is 1. The topological polar surface area (TPSA) is 65.0 Å². The minimum Gasteiger partial charge on any atom is -0.448 e. The highest BCUT2D eigenvalue weighted by atomic mass is 79.9. The van der Waals surface area contributed by atoms with Crippen molar-refractivity contribution in [1.82, 2.24) is 19.4 Å². The lowest BCUT2D eigenvalue weighted by molar-refractivity contribution is 0.0944. The third-order valence-electron chi connectivity index (χ3n) is 4.76. The second-order valence-corrected chi connectivity index (χ2v) is 7.46. The lowest BCUT2D eigenvalue weighted by Gasteiger charge is -2.11. The molecule has 1 aromatic carbocycles. The Labute approximate surface area is 171 Å². The molecular formula is C21H21BrN4O2. The molecule has 0 atom stereocenters. The van der Waals surface area contributed by atoms with Crippen LogP contribution in [0.5, 0.6) is 0 Å². The minimum atomic E-state index is -0.0965. The van der Waals surface area contributed by atoms with Crippen LogP contribution in [0.3, 0.4) is 0 Å². The first-order chi connectivity index (χ1) is 13.6. The molecule has 0 saturated heterocycles. The molecule has 1 N–H and O–H groups in total. The smallest absolute Gasteiger partial charge is 0.268 e. The standard InChI is InChI=1S/C21H21BrN4O2/c1-15-23-9-11-25(15)10-5-8-24-21(27)18-12-19-17(13-20(22)28-19)26(18)14-16-6-3-2-4-7-16/h2-4,6-7,9,11-13H,5,8,10,14H2,1H3,(H,24,27). The Kier molecular flexibility index (Phi) is 5.34. The van der Waals surface area contributed by atoms with Crippen LogP contribution >= 0.6 is 15.9 Å². The van der Waals surface area contributed by atoms with Crippen molar-refractivity contribution >= 4 is 32.9 Å². The zero-order valence-corrected chi connectivity index (χ0v) is 17.1. The molecule has 1 amide bonds. The van der Waals surface area contributed by atoms with Crippen molar-refractivity contribution in [3.8, 4) is 0 Å². The van der Waals surface area contributed by atoms with Gasteiger partial charge in [-0.3, -0.25) is 4.79 Å². The number of hydrogen-bond acceptors (Lipinski definition) is 3. The molecule has 28 heavy (non-hydrogen) atoms. The highest BCUT2D eigenvalue weighted by molar-refractivity contribution is 9.10. The minimum absolute atomic E-state index is 0.0965. The molecule has 0 spiro atoms. The predicted molar refractivity (Wildman–Crippen MR) is 111 cm³/mol. The van der Waals surface area contributed by atoms with Gasteiger partial charge in [-0.15, -0.1) is 0 Å². The number of furan rings is 1. The molecule has 4 aromatic rings. The van der Waals surface area contributed by atoms with Crippen molar-refractivity contribution in [3.05, 3.63) is 76.6 Å². The van der Waals surface area contributed by atoms with Crippen LogP contribution in [0.25, 0.3) is 11.1 Å². The molecule has 0 radical (unpaired) electrons. The number of fused-ring (bicyclic) bond motifs is 1. The summed E-state index contributed by atoms with van der Waals surface area (Å²) in [4.78, 5) is 17.0. The Morgan fingerprint density at radius 3 is 2.82 bits per heavy atom. The third kappa shape index (κ3) is 3.89. The Morgan fingerprint density at radius 1 is 1.25 bits per heavy atom. The first-order valence-electron chi connectivity index (χ1n) is 9.20. The quantitative estimate of drug-likeness (QED) is 0.433. The van der Waals surface area contributed by atoms with Gasteiger partial charge < -0.3 is 18.9 Å². The number of nitrogens with zero attached hydrogens (tertiary/aromatic N) is 3. The Balaban J connectivity index is 1.49. The Hall–Kier alpha value is -2.80. The van der Waals surface area contributed by atoms with E-state index in [0.29, 0.717) is 29.0 Å². The van der Waals surface area contributed by atoms with E-state index in [4.69, 9.17) is 4.42 Å². The summed E-state index contributed by atoms with van der Waals surface area (Å²) >= 11 is 3.37. The van der Waals surface area contributed by atoms with Gasteiger partial charge in [0, 0.05) is 44.2 Å². The normalized spacial score (nSPS) is 11.2. The molecule has 0 fully saturated rings. The van der Waals surface area contributed by atoms with Gasteiger partial charge in [0.05, 0.1) is 5.52 Å². The first kappa shape index (κ1) is 18.6. The lowest BCUT2D eigenvalue weighted by Crippen LogP contribution is -2.27. The van der Waals surface area contributed by atoms with E-state index in [2.05, 4.69) is 42.9 Å². The van der Waals surface area contributed by atoms with Crippen LogP contribution < -0.4 is 5.32 Å². The Morgan fingerprint density at radius 2 is 2.07 bits per heavy atom. The van der Waals surface area contributed by atoms with E-state index in [1.165, 1.54) is 0 Å². The summed E-state index contributed by atoms with van der Waals surface area (Å²) in [5, 5.41) is 3.03. The molecule has 0 saturated carbocycles. The second-order valence-electron chi connectivity index (χ2n) is 6.68. The number of rotatable bonds is 7. The summed E-state index contributed by atoms with van der Waals surface area (Å²) < 4.78 is 10.4. The summed E-state index contributed by atoms with van der Waals surface area (Å²) in [6, 6.07) is 13.8. The van der Waals surface area contributed by atoms with Gasteiger partial charge >= 0.3 is 0 Å². The number of benzene rings is 1. The third-order valence-corrected chi connectivity index (χ3v) is 5.15. The molecule has 7 heteroatoms. The fourth-order valence-electron chi connectivity index (χ4n) is 3.32. The van der Waals surface area contributed by atoms with Crippen LogP contribution in [-0.4, -0.2) is 26.6 Å². The summed E-state index contributed by atoms with van der Waals surface area (Å²) in [6.45, 7) is 4.00. The van der Waals surface area contributed by atoms with Gasteiger partial charge in [-0.25, -0.2) is 4.98 Å². The molecule has 0 bridgehead atoms. The van der Waals surface area contributed by atoms with Crippen LogP contribution in [0.4, 0.5) is 0 Å². The van der Waals surface area contributed by atoms with Gasteiger partial charge in [0.15, 0.2) is 10.3 Å². The highest BCUT2D eigenvalue weighted by Gasteiger charge is 2.18. The molecule has 3 aromatic heterocycles. The number of carbonyl (C=O) groups excluding carboxylic acids is 1. The van der Waals surface area contributed by atoms with Crippen LogP contribution in [-0.2, 0) is 13.1 Å². The summed E-state index contributed by atoms with van der Waals surface area (Å²) in [7, 11) is 0. The van der Waals surface area contributed by atoms with Gasteiger partial charge in [0.2, 0.25) is 0 Å². The van der Waals surface area contributed by atoms with Crippen molar-refractivity contribution in [2.45, 2.75) is 26.4 Å². The Bertz CT molecular complexity index is 1090.